The molecular weight excluding hydrogens is 320 g/mol. The Hall–Kier alpha value is -0.710. The summed E-state index contributed by atoms with van der Waals surface area (Å²) >= 11 is 3.48. The molecule has 3 rings (SSSR count). The SMILES string of the molecule is Cc1cc(C(=O)C2CCOC3(CCOC3)C2)ccc1Br. The lowest BCUT2D eigenvalue weighted by atomic mass is 9.81. The molecule has 20 heavy (non-hydrogen) atoms. The largest absolute Gasteiger partial charge is 0.378 e. The minimum Gasteiger partial charge on any atom is -0.378 e. The number of Topliss-reactive ketones (excluding diaryl/α,β-unsaturated/α-hetero) is 1. The van der Waals surface area contributed by atoms with Crippen LogP contribution in [0.1, 0.15) is 35.2 Å². The van der Waals surface area contributed by atoms with Crippen molar-refractivity contribution in [2.24, 2.45) is 5.92 Å². The predicted molar refractivity (Wildman–Crippen MR) is 80.1 cm³/mol. The predicted octanol–water partition coefficient (Wildman–Crippen LogP) is 3.53. The Morgan fingerprint density at radius 3 is 2.95 bits per heavy atom. The molecule has 1 aromatic rings. The highest BCUT2D eigenvalue weighted by Gasteiger charge is 2.43. The zero-order valence-electron chi connectivity index (χ0n) is 11.7. The first-order valence-corrected chi connectivity index (χ1v) is 7.91. The van der Waals surface area contributed by atoms with Gasteiger partial charge >= 0.3 is 0 Å². The summed E-state index contributed by atoms with van der Waals surface area (Å²) in [4.78, 5) is 12.7. The third kappa shape index (κ3) is 2.69. The first-order valence-electron chi connectivity index (χ1n) is 7.12. The number of ether oxygens (including phenoxy) is 2. The fourth-order valence-electron chi connectivity index (χ4n) is 3.15. The van der Waals surface area contributed by atoms with Gasteiger partial charge < -0.3 is 9.47 Å². The number of aryl methyl sites for hydroxylation is 1. The maximum absolute atomic E-state index is 12.7. The molecule has 4 heteroatoms. The number of hydrogen-bond donors (Lipinski definition) is 0. The van der Waals surface area contributed by atoms with Gasteiger partial charge in [0.1, 0.15) is 0 Å². The summed E-state index contributed by atoms with van der Waals surface area (Å²) in [6.45, 7) is 4.06. The Balaban J connectivity index is 1.77. The minimum atomic E-state index is -0.205. The molecule has 1 spiro atoms. The normalized spacial score (nSPS) is 29.8. The quantitative estimate of drug-likeness (QED) is 0.774. The van der Waals surface area contributed by atoms with Gasteiger partial charge in [-0.25, -0.2) is 0 Å². The fraction of sp³-hybridized carbons (Fsp3) is 0.562. The van der Waals surface area contributed by atoms with Crippen molar-refractivity contribution in [3.63, 3.8) is 0 Å². The van der Waals surface area contributed by atoms with Crippen molar-refractivity contribution in [2.75, 3.05) is 19.8 Å². The highest BCUT2D eigenvalue weighted by molar-refractivity contribution is 9.10. The second-order valence-electron chi connectivity index (χ2n) is 5.85. The van der Waals surface area contributed by atoms with Crippen molar-refractivity contribution in [1.29, 1.82) is 0 Å². The molecule has 2 heterocycles. The van der Waals surface area contributed by atoms with Gasteiger partial charge in [0.2, 0.25) is 0 Å². The first-order chi connectivity index (χ1) is 9.60. The summed E-state index contributed by atoms with van der Waals surface area (Å²) in [6.07, 6.45) is 2.52. The number of ketones is 1. The van der Waals surface area contributed by atoms with Gasteiger partial charge in [0, 0.05) is 35.6 Å². The molecule has 0 aliphatic carbocycles. The summed E-state index contributed by atoms with van der Waals surface area (Å²) in [6, 6.07) is 5.84. The third-order valence-corrected chi connectivity index (χ3v) is 5.26. The molecule has 2 fully saturated rings. The minimum absolute atomic E-state index is 0.0611. The van der Waals surface area contributed by atoms with Crippen LogP contribution in [0.25, 0.3) is 0 Å². The second-order valence-corrected chi connectivity index (χ2v) is 6.71. The van der Waals surface area contributed by atoms with Crippen molar-refractivity contribution in [3.05, 3.63) is 33.8 Å². The molecule has 2 aliphatic heterocycles. The van der Waals surface area contributed by atoms with Crippen molar-refractivity contribution in [1.82, 2.24) is 0 Å². The summed E-state index contributed by atoms with van der Waals surface area (Å²) < 4.78 is 12.4. The van der Waals surface area contributed by atoms with E-state index in [9.17, 15) is 4.79 Å². The Labute approximate surface area is 127 Å². The lowest BCUT2D eigenvalue weighted by Gasteiger charge is -2.36. The molecule has 2 unspecified atom stereocenters. The summed E-state index contributed by atoms with van der Waals surface area (Å²) in [5.41, 5.74) is 1.71. The van der Waals surface area contributed by atoms with E-state index < -0.39 is 0 Å². The van der Waals surface area contributed by atoms with Gasteiger partial charge in [0.05, 0.1) is 12.2 Å². The summed E-state index contributed by atoms with van der Waals surface area (Å²) in [5.74, 6) is 0.307. The molecule has 0 aromatic heterocycles. The van der Waals surface area contributed by atoms with Gasteiger partial charge in [-0.15, -0.1) is 0 Å². The molecule has 1 aromatic carbocycles. The van der Waals surface area contributed by atoms with Crippen LogP contribution in [-0.4, -0.2) is 31.2 Å². The van der Waals surface area contributed by atoms with Crippen molar-refractivity contribution < 1.29 is 14.3 Å². The van der Waals surface area contributed by atoms with E-state index >= 15 is 0 Å². The molecule has 108 valence electrons. The van der Waals surface area contributed by atoms with Crippen LogP contribution in [0.4, 0.5) is 0 Å². The molecule has 0 N–H and O–H groups in total. The Kier molecular flexibility index (Phi) is 3.98. The van der Waals surface area contributed by atoms with Gasteiger partial charge in [-0.3, -0.25) is 4.79 Å². The van der Waals surface area contributed by atoms with Crippen LogP contribution in [-0.2, 0) is 9.47 Å². The Morgan fingerprint density at radius 2 is 2.25 bits per heavy atom. The molecule has 2 saturated heterocycles. The third-order valence-electron chi connectivity index (χ3n) is 4.37. The average Bonchev–Trinajstić information content (AvgIpc) is 2.89. The maximum Gasteiger partial charge on any atom is 0.166 e. The molecule has 0 radical (unpaired) electrons. The van der Waals surface area contributed by atoms with Crippen LogP contribution in [0.2, 0.25) is 0 Å². The number of halogens is 1. The molecule has 0 saturated carbocycles. The number of rotatable bonds is 2. The molecule has 2 atom stereocenters. The van der Waals surface area contributed by atoms with Crippen LogP contribution in [0.15, 0.2) is 22.7 Å². The van der Waals surface area contributed by atoms with E-state index in [0.717, 1.165) is 41.5 Å². The number of carbonyl (C=O) groups excluding carboxylic acids is 1. The van der Waals surface area contributed by atoms with Crippen LogP contribution in [0.5, 0.6) is 0 Å². The monoisotopic (exact) mass is 338 g/mol. The van der Waals surface area contributed by atoms with Gasteiger partial charge in [-0.05, 0) is 37.5 Å². The topological polar surface area (TPSA) is 35.5 Å². The maximum atomic E-state index is 12.7. The van der Waals surface area contributed by atoms with Crippen LogP contribution < -0.4 is 0 Å². The summed E-state index contributed by atoms with van der Waals surface area (Å²) in [7, 11) is 0. The van der Waals surface area contributed by atoms with Gasteiger partial charge in [0.15, 0.2) is 5.78 Å². The van der Waals surface area contributed by atoms with Crippen LogP contribution >= 0.6 is 15.9 Å². The molecule has 3 nitrogen and oxygen atoms in total. The van der Waals surface area contributed by atoms with E-state index in [4.69, 9.17) is 9.47 Å². The number of carbonyl (C=O) groups is 1. The average molecular weight is 339 g/mol. The molecular formula is C16H19BrO3. The van der Waals surface area contributed by atoms with E-state index in [0.29, 0.717) is 13.2 Å². The molecule has 0 bridgehead atoms. The van der Waals surface area contributed by atoms with Crippen LogP contribution in [0, 0.1) is 12.8 Å². The zero-order valence-corrected chi connectivity index (χ0v) is 13.2. The van der Waals surface area contributed by atoms with Crippen LogP contribution in [0.3, 0.4) is 0 Å². The number of hydrogen-bond acceptors (Lipinski definition) is 3. The van der Waals surface area contributed by atoms with E-state index in [1.54, 1.807) is 0 Å². The van der Waals surface area contributed by atoms with Crippen molar-refractivity contribution >= 4 is 21.7 Å². The fourth-order valence-corrected chi connectivity index (χ4v) is 3.40. The number of benzene rings is 1. The lowest BCUT2D eigenvalue weighted by molar-refractivity contribution is -0.0920. The highest BCUT2D eigenvalue weighted by Crippen LogP contribution is 2.37. The second kappa shape index (κ2) is 5.58. The smallest absolute Gasteiger partial charge is 0.166 e. The van der Waals surface area contributed by atoms with E-state index in [-0.39, 0.29) is 17.3 Å². The zero-order chi connectivity index (χ0) is 14.2. The van der Waals surface area contributed by atoms with Crippen molar-refractivity contribution in [2.45, 2.75) is 31.8 Å². The first kappa shape index (κ1) is 14.2. The molecule has 0 amide bonds. The molecule has 2 aliphatic rings. The van der Waals surface area contributed by atoms with E-state index in [1.807, 2.05) is 25.1 Å². The Morgan fingerprint density at radius 1 is 1.40 bits per heavy atom. The van der Waals surface area contributed by atoms with E-state index in [2.05, 4.69) is 15.9 Å². The van der Waals surface area contributed by atoms with E-state index in [1.165, 1.54) is 0 Å². The Bertz CT molecular complexity index is 520. The highest BCUT2D eigenvalue weighted by atomic mass is 79.9. The summed E-state index contributed by atoms with van der Waals surface area (Å²) in [5, 5.41) is 0. The standard InChI is InChI=1S/C16H19BrO3/c1-11-8-12(2-3-14(11)17)15(18)13-4-6-20-16(9-13)5-7-19-10-16/h2-3,8,13H,4-7,9-10H2,1H3. The van der Waals surface area contributed by atoms with Gasteiger partial charge in [-0.1, -0.05) is 22.0 Å². The van der Waals surface area contributed by atoms with Gasteiger partial charge in [0.25, 0.3) is 0 Å². The van der Waals surface area contributed by atoms with Crippen molar-refractivity contribution in [3.8, 4) is 0 Å². The lowest BCUT2D eigenvalue weighted by Crippen LogP contribution is -2.42. The van der Waals surface area contributed by atoms with Gasteiger partial charge in [-0.2, -0.15) is 0 Å².